The molecule has 0 spiro atoms. The van der Waals surface area contributed by atoms with Crippen molar-refractivity contribution in [2.75, 3.05) is 30.4 Å². The molecule has 1 heterocycles. The topological polar surface area (TPSA) is 63.2 Å². The van der Waals surface area contributed by atoms with E-state index >= 15 is 0 Å². The molecule has 0 bridgehead atoms. The van der Waals surface area contributed by atoms with Crippen molar-refractivity contribution in [2.24, 2.45) is 0 Å². The molecule has 0 saturated carbocycles. The molecule has 0 radical (unpaired) electrons. The first-order valence-electron chi connectivity index (χ1n) is 9.11. The third-order valence-corrected chi connectivity index (χ3v) is 4.32. The molecular formula is C21H25N5O. The number of rotatable bonds is 8. The highest BCUT2D eigenvalue weighted by molar-refractivity contribution is 5.60. The normalized spacial score (nSPS) is 10.5. The van der Waals surface area contributed by atoms with Gasteiger partial charge in [0.25, 0.3) is 0 Å². The van der Waals surface area contributed by atoms with Crippen molar-refractivity contribution in [3.63, 3.8) is 0 Å². The number of aryl methyl sites for hydroxylation is 1. The Kier molecular flexibility index (Phi) is 6.20. The van der Waals surface area contributed by atoms with Crippen LogP contribution in [0.15, 0.2) is 54.7 Å². The first-order valence-corrected chi connectivity index (χ1v) is 9.11. The number of para-hydroxylation sites is 1. The third kappa shape index (κ3) is 4.73. The first-order chi connectivity index (χ1) is 13.2. The van der Waals surface area contributed by atoms with Crippen LogP contribution in [0.25, 0.3) is 0 Å². The molecule has 0 aliphatic heterocycles. The predicted molar refractivity (Wildman–Crippen MR) is 109 cm³/mol. The van der Waals surface area contributed by atoms with Gasteiger partial charge in [0.1, 0.15) is 5.75 Å². The van der Waals surface area contributed by atoms with Crippen LogP contribution in [0.1, 0.15) is 18.1 Å². The lowest BCUT2D eigenvalue weighted by atomic mass is 10.1. The van der Waals surface area contributed by atoms with Crippen molar-refractivity contribution in [2.45, 2.75) is 20.3 Å². The lowest BCUT2D eigenvalue weighted by molar-refractivity contribution is 0.410. The summed E-state index contributed by atoms with van der Waals surface area (Å²) in [7, 11) is 1.69. The summed E-state index contributed by atoms with van der Waals surface area (Å²) >= 11 is 0. The molecule has 0 saturated heterocycles. The zero-order chi connectivity index (χ0) is 19.1. The Balaban J connectivity index is 1.69. The molecular weight excluding hydrogens is 338 g/mol. The fourth-order valence-corrected chi connectivity index (χ4v) is 2.99. The van der Waals surface area contributed by atoms with E-state index in [1.165, 1.54) is 5.56 Å². The highest BCUT2D eigenvalue weighted by Crippen LogP contribution is 2.24. The van der Waals surface area contributed by atoms with Crippen molar-refractivity contribution >= 4 is 17.5 Å². The van der Waals surface area contributed by atoms with Gasteiger partial charge in [-0.3, -0.25) is 0 Å². The van der Waals surface area contributed by atoms with E-state index in [2.05, 4.69) is 63.5 Å². The molecule has 6 heteroatoms. The lowest BCUT2D eigenvalue weighted by Gasteiger charge is -2.22. The molecule has 1 aromatic heterocycles. The maximum Gasteiger partial charge on any atom is 0.244 e. The molecule has 0 aliphatic rings. The molecule has 6 nitrogen and oxygen atoms in total. The second-order valence-electron chi connectivity index (χ2n) is 6.21. The van der Waals surface area contributed by atoms with Gasteiger partial charge in [0.2, 0.25) is 5.95 Å². The van der Waals surface area contributed by atoms with E-state index in [9.17, 15) is 0 Å². The van der Waals surface area contributed by atoms with Crippen LogP contribution in [0.2, 0.25) is 0 Å². The average Bonchev–Trinajstić information content (AvgIpc) is 2.69. The standard InChI is InChI=1S/C21H25N5O/c1-4-26(18-10-7-8-16(2)14-18)20-15-23-25-21(24-20)22-13-12-17-9-5-6-11-19(17)27-3/h5-11,14-15H,4,12-13H2,1-3H3,(H,22,24,25). The van der Waals surface area contributed by atoms with Crippen LogP contribution < -0.4 is 15.0 Å². The molecule has 1 N–H and O–H groups in total. The lowest BCUT2D eigenvalue weighted by Crippen LogP contribution is -2.19. The number of benzene rings is 2. The van der Waals surface area contributed by atoms with Gasteiger partial charge in [0.05, 0.1) is 13.3 Å². The summed E-state index contributed by atoms with van der Waals surface area (Å²) < 4.78 is 5.39. The number of aromatic nitrogens is 3. The highest BCUT2D eigenvalue weighted by atomic mass is 16.5. The second-order valence-corrected chi connectivity index (χ2v) is 6.21. The van der Waals surface area contributed by atoms with Gasteiger partial charge in [0, 0.05) is 18.8 Å². The number of ether oxygens (including phenoxy) is 1. The molecule has 140 valence electrons. The molecule has 0 amide bonds. The Morgan fingerprint density at radius 1 is 1.11 bits per heavy atom. The van der Waals surface area contributed by atoms with Gasteiger partial charge in [-0.15, -0.1) is 5.10 Å². The summed E-state index contributed by atoms with van der Waals surface area (Å²) in [5.41, 5.74) is 3.45. The smallest absolute Gasteiger partial charge is 0.244 e. The first kappa shape index (κ1) is 18.6. The van der Waals surface area contributed by atoms with E-state index in [1.807, 2.05) is 24.3 Å². The summed E-state index contributed by atoms with van der Waals surface area (Å²) in [6.45, 7) is 5.67. The minimum absolute atomic E-state index is 0.522. The van der Waals surface area contributed by atoms with Crippen LogP contribution in [-0.4, -0.2) is 35.4 Å². The second kappa shape index (κ2) is 8.98. The van der Waals surface area contributed by atoms with Crippen LogP contribution in [0.3, 0.4) is 0 Å². The summed E-state index contributed by atoms with van der Waals surface area (Å²) in [6, 6.07) is 16.4. The zero-order valence-corrected chi connectivity index (χ0v) is 16.0. The number of nitrogens with zero attached hydrogens (tertiary/aromatic N) is 4. The maximum absolute atomic E-state index is 5.39. The SMILES string of the molecule is CCN(c1cccc(C)c1)c1cnnc(NCCc2ccccc2OC)n1. The molecule has 2 aromatic carbocycles. The summed E-state index contributed by atoms with van der Waals surface area (Å²) in [5.74, 6) is 2.19. The van der Waals surface area contributed by atoms with Crippen molar-refractivity contribution < 1.29 is 4.74 Å². The quantitative estimate of drug-likeness (QED) is 0.653. The van der Waals surface area contributed by atoms with Crippen LogP contribution in [-0.2, 0) is 6.42 Å². The van der Waals surface area contributed by atoms with Crippen LogP contribution >= 0.6 is 0 Å². The van der Waals surface area contributed by atoms with E-state index in [0.29, 0.717) is 12.5 Å². The monoisotopic (exact) mass is 363 g/mol. The van der Waals surface area contributed by atoms with Gasteiger partial charge >= 0.3 is 0 Å². The van der Waals surface area contributed by atoms with E-state index < -0.39 is 0 Å². The van der Waals surface area contributed by atoms with E-state index in [1.54, 1.807) is 13.3 Å². The number of hydrogen-bond donors (Lipinski definition) is 1. The Bertz CT molecular complexity index is 884. The zero-order valence-electron chi connectivity index (χ0n) is 16.0. The summed E-state index contributed by atoms with van der Waals surface area (Å²) in [5, 5.41) is 11.5. The van der Waals surface area contributed by atoms with Crippen LogP contribution in [0, 0.1) is 6.92 Å². The molecule has 0 aliphatic carbocycles. The van der Waals surface area contributed by atoms with E-state index in [0.717, 1.165) is 35.8 Å². The Hall–Kier alpha value is -3.15. The van der Waals surface area contributed by atoms with Crippen LogP contribution in [0.4, 0.5) is 17.5 Å². The predicted octanol–water partition coefficient (Wildman–Crippen LogP) is 4.00. The number of nitrogens with one attached hydrogen (secondary N) is 1. The van der Waals surface area contributed by atoms with Gasteiger partial charge in [-0.05, 0) is 49.6 Å². The van der Waals surface area contributed by atoms with Crippen LogP contribution in [0.5, 0.6) is 5.75 Å². The maximum atomic E-state index is 5.39. The highest BCUT2D eigenvalue weighted by Gasteiger charge is 2.11. The Labute approximate surface area is 160 Å². The summed E-state index contributed by atoms with van der Waals surface area (Å²) in [4.78, 5) is 6.75. The van der Waals surface area contributed by atoms with Crippen molar-refractivity contribution in [1.29, 1.82) is 0 Å². The van der Waals surface area contributed by atoms with E-state index in [4.69, 9.17) is 4.74 Å². The minimum atomic E-state index is 0.522. The van der Waals surface area contributed by atoms with E-state index in [-0.39, 0.29) is 0 Å². The van der Waals surface area contributed by atoms with Gasteiger partial charge in [-0.25, -0.2) is 0 Å². The summed E-state index contributed by atoms with van der Waals surface area (Å²) in [6.07, 6.45) is 2.50. The fourth-order valence-electron chi connectivity index (χ4n) is 2.99. The van der Waals surface area contributed by atoms with Gasteiger partial charge in [0.15, 0.2) is 5.82 Å². The van der Waals surface area contributed by atoms with Gasteiger partial charge < -0.3 is 15.0 Å². The average molecular weight is 363 g/mol. The third-order valence-electron chi connectivity index (χ3n) is 4.32. The largest absolute Gasteiger partial charge is 0.496 e. The fraction of sp³-hybridized carbons (Fsp3) is 0.286. The van der Waals surface area contributed by atoms with Crippen molar-refractivity contribution in [3.8, 4) is 5.75 Å². The van der Waals surface area contributed by atoms with Crippen molar-refractivity contribution in [3.05, 3.63) is 65.9 Å². The number of methoxy groups -OCH3 is 1. The molecule has 3 rings (SSSR count). The number of anilines is 3. The molecule has 27 heavy (non-hydrogen) atoms. The molecule has 0 atom stereocenters. The number of hydrogen-bond acceptors (Lipinski definition) is 6. The van der Waals surface area contributed by atoms with Crippen molar-refractivity contribution in [1.82, 2.24) is 15.2 Å². The van der Waals surface area contributed by atoms with Gasteiger partial charge in [-0.1, -0.05) is 30.3 Å². The Morgan fingerprint density at radius 3 is 2.74 bits per heavy atom. The molecule has 0 unspecified atom stereocenters. The minimum Gasteiger partial charge on any atom is -0.496 e. The molecule has 3 aromatic rings. The molecule has 0 fully saturated rings. The van der Waals surface area contributed by atoms with Gasteiger partial charge in [-0.2, -0.15) is 10.1 Å². The Morgan fingerprint density at radius 2 is 1.96 bits per heavy atom.